The maximum absolute atomic E-state index is 13.6. The van der Waals surface area contributed by atoms with Gasteiger partial charge >= 0.3 is 6.03 Å². The van der Waals surface area contributed by atoms with E-state index in [1.807, 2.05) is 48.2 Å². The molecule has 2 heterocycles. The van der Waals surface area contributed by atoms with Crippen LogP contribution in [0.1, 0.15) is 34.0 Å². The van der Waals surface area contributed by atoms with Crippen molar-refractivity contribution in [2.45, 2.75) is 25.9 Å². The molecule has 0 fully saturated rings. The summed E-state index contributed by atoms with van der Waals surface area (Å²) >= 11 is 0. The van der Waals surface area contributed by atoms with Crippen LogP contribution in [0.5, 0.6) is 0 Å². The van der Waals surface area contributed by atoms with Crippen molar-refractivity contribution < 1.29 is 9.18 Å². The van der Waals surface area contributed by atoms with Crippen molar-refractivity contribution in [2.75, 3.05) is 6.54 Å². The SMILES string of the molecule is Cc1ccc(CNC(=O)N2CCc3c([nH]c4ccccc34)[C@H]2c2ccc(F)cc2)cc1. The van der Waals surface area contributed by atoms with Crippen LogP contribution in [0.4, 0.5) is 9.18 Å². The number of para-hydroxylation sites is 1. The lowest BCUT2D eigenvalue weighted by molar-refractivity contribution is 0.179. The highest BCUT2D eigenvalue weighted by Crippen LogP contribution is 2.38. The Labute approximate surface area is 180 Å². The molecule has 1 aromatic heterocycles. The Morgan fingerprint density at radius 2 is 1.81 bits per heavy atom. The Balaban J connectivity index is 1.49. The molecule has 1 aliphatic heterocycles. The maximum atomic E-state index is 13.6. The van der Waals surface area contributed by atoms with Gasteiger partial charge in [-0.15, -0.1) is 0 Å². The van der Waals surface area contributed by atoms with E-state index in [1.165, 1.54) is 28.6 Å². The maximum Gasteiger partial charge on any atom is 0.318 e. The summed E-state index contributed by atoms with van der Waals surface area (Å²) < 4.78 is 13.6. The summed E-state index contributed by atoms with van der Waals surface area (Å²) in [6, 6.07) is 22.3. The number of H-pyrrole nitrogens is 1. The molecule has 1 aliphatic rings. The number of nitrogens with zero attached hydrogens (tertiary/aromatic N) is 1. The Bertz CT molecular complexity index is 1230. The van der Waals surface area contributed by atoms with Gasteiger partial charge in [0.05, 0.1) is 6.04 Å². The molecule has 156 valence electrons. The van der Waals surface area contributed by atoms with E-state index in [0.717, 1.165) is 28.8 Å². The second-order valence-electron chi connectivity index (χ2n) is 8.10. The summed E-state index contributed by atoms with van der Waals surface area (Å²) in [6.45, 7) is 3.10. The second-order valence-corrected chi connectivity index (χ2v) is 8.10. The molecule has 5 heteroatoms. The second kappa shape index (κ2) is 7.91. The fourth-order valence-corrected chi connectivity index (χ4v) is 4.44. The molecule has 0 bridgehead atoms. The Morgan fingerprint density at radius 1 is 1.06 bits per heavy atom. The largest absolute Gasteiger partial charge is 0.356 e. The highest BCUT2D eigenvalue weighted by atomic mass is 19.1. The average molecular weight is 413 g/mol. The first-order valence-electron chi connectivity index (χ1n) is 10.5. The zero-order valence-electron chi connectivity index (χ0n) is 17.4. The van der Waals surface area contributed by atoms with Crippen LogP contribution in [0.15, 0.2) is 72.8 Å². The molecule has 0 saturated carbocycles. The summed E-state index contributed by atoms with van der Waals surface area (Å²) in [5, 5.41) is 4.25. The number of rotatable bonds is 3. The lowest BCUT2D eigenvalue weighted by Crippen LogP contribution is -2.45. The van der Waals surface area contributed by atoms with Gasteiger partial charge in [-0.3, -0.25) is 0 Å². The first-order chi connectivity index (χ1) is 15.1. The lowest BCUT2D eigenvalue weighted by Gasteiger charge is -2.36. The molecule has 0 spiro atoms. The van der Waals surface area contributed by atoms with Gasteiger partial charge < -0.3 is 15.2 Å². The molecule has 0 saturated heterocycles. The Hall–Kier alpha value is -3.60. The van der Waals surface area contributed by atoms with Crippen LogP contribution < -0.4 is 5.32 Å². The van der Waals surface area contributed by atoms with E-state index in [4.69, 9.17) is 0 Å². The molecule has 0 aliphatic carbocycles. The molecule has 31 heavy (non-hydrogen) atoms. The van der Waals surface area contributed by atoms with Crippen LogP contribution in [0, 0.1) is 12.7 Å². The smallest absolute Gasteiger partial charge is 0.318 e. The zero-order chi connectivity index (χ0) is 21.4. The van der Waals surface area contributed by atoms with Gasteiger partial charge in [0.1, 0.15) is 5.82 Å². The third-order valence-corrected chi connectivity index (χ3v) is 6.05. The summed E-state index contributed by atoms with van der Waals surface area (Å²) in [7, 11) is 0. The van der Waals surface area contributed by atoms with E-state index in [1.54, 1.807) is 12.1 Å². The first kappa shape index (κ1) is 19.4. The number of carbonyl (C=O) groups is 1. The first-order valence-corrected chi connectivity index (χ1v) is 10.5. The predicted octanol–water partition coefficient (Wildman–Crippen LogP) is 5.47. The topological polar surface area (TPSA) is 48.1 Å². The minimum atomic E-state index is -0.297. The highest BCUT2D eigenvalue weighted by molar-refractivity contribution is 5.86. The number of amides is 2. The van der Waals surface area contributed by atoms with Crippen molar-refractivity contribution in [3.05, 3.63) is 107 Å². The van der Waals surface area contributed by atoms with Crippen molar-refractivity contribution in [3.8, 4) is 0 Å². The van der Waals surface area contributed by atoms with Crippen molar-refractivity contribution in [2.24, 2.45) is 0 Å². The van der Waals surface area contributed by atoms with Crippen molar-refractivity contribution in [1.82, 2.24) is 15.2 Å². The number of fused-ring (bicyclic) bond motifs is 3. The third-order valence-electron chi connectivity index (χ3n) is 6.05. The predicted molar refractivity (Wildman–Crippen MR) is 120 cm³/mol. The fourth-order valence-electron chi connectivity index (χ4n) is 4.44. The van der Waals surface area contributed by atoms with Gasteiger partial charge in [0.2, 0.25) is 0 Å². The molecule has 0 unspecified atom stereocenters. The van der Waals surface area contributed by atoms with E-state index in [2.05, 4.69) is 22.4 Å². The number of hydrogen-bond acceptors (Lipinski definition) is 1. The normalized spacial score (nSPS) is 15.7. The molecule has 2 amide bonds. The van der Waals surface area contributed by atoms with Gasteiger partial charge in [-0.2, -0.15) is 0 Å². The van der Waals surface area contributed by atoms with Crippen LogP contribution in [-0.2, 0) is 13.0 Å². The quantitative estimate of drug-likeness (QED) is 0.460. The van der Waals surface area contributed by atoms with Gasteiger partial charge in [-0.05, 0) is 48.2 Å². The number of nitrogens with one attached hydrogen (secondary N) is 2. The standard InChI is InChI=1S/C26H24FN3O/c1-17-6-8-18(9-7-17)16-28-26(31)30-15-14-22-21-4-2-3-5-23(21)29-24(22)25(30)19-10-12-20(27)13-11-19/h2-13,25,29H,14-16H2,1H3,(H,28,31)/t25-/m1/s1. The van der Waals surface area contributed by atoms with Crippen LogP contribution in [0.2, 0.25) is 0 Å². The minimum Gasteiger partial charge on any atom is -0.356 e. The van der Waals surface area contributed by atoms with Crippen LogP contribution in [0.3, 0.4) is 0 Å². The average Bonchev–Trinajstić information content (AvgIpc) is 3.17. The summed E-state index contributed by atoms with van der Waals surface area (Å²) in [6.07, 6.45) is 0.773. The summed E-state index contributed by atoms with van der Waals surface area (Å²) in [4.78, 5) is 18.6. The Kier molecular flexibility index (Phi) is 4.94. The molecular weight excluding hydrogens is 389 g/mol. The zero-order valence-corrected chi connectivity index (χ0v) is 17.4. The van der Waals surface area contributed by atoms with E-state index in [0.29, 0.717) is 13.1 Å². The molecule has 2 N–H and O–H groups in total. The van der Waals surface area contributed by atoms with E-state index >= 15 is 0 Å². The van der Waals surface area contributed by atoms with Gasteiger partial charge in [-0.25, -0.2) is 9.18 Å². The van der Waals surface area contributed by atoms with Gasteiger partial charge in [0, 0.05) is 29.7 Å². The molecule has 4 nitrogen and oxygen atoms in total. The molecular formula is C26H24FN3O. The number of carbonyl (C=O) groups excluding carboxylic acids is 1. The lowest BCUT2D eigenvalue weighted by atomic mass is 9.92. The molecule has 1 atom stereocenters. The number of aromatic nitrogens is 1. The minimum absolute atomic E-state index is 0.126. The van der Waals surface area contributed by atoms with Crippen LogP contribution >= 0.6 is 0 Å². The number of benzene rings is 3. The van der Waals surface area contributed by atoms with Gasteiger partial charge in [0.15, 0.2) is 0 Å². The van der Waals surface area contributed by atoms with E-state index < -0.39 is 0 Å². The fraction of sp³-hybridized carbons (Fsp3) is 0.192. The summed E-state index contributed by atoms with van der Waals surface area (Å²) in [5.41, 5.74) is 6.42. The number of aromatic amines is 1. The molecule has 5 rings (SSSR count). The molecule has 0 radical (unpaired) electrons. The number of aryl methyl sites for hydroxylation is 1. The van der Waals surface area contributed by atoms with Crippen molar-refractivity contribution >= 4 is 16.9 Å². The molecule has 4 aromatic rings. The highest BCUT2D eigenvalue weighted by Gasteiger charge is 2.34. The summed E-state index contributed by atoms with van der Waals surface area (Å²) in [5.74, 6) is -0.285. The monoisotopic (exact) mass is 413 g/mol. The van der Waals surface area contributed by atoms with Crippen LogP contribution in [0.25, 0.3) is 10.9 Å². The van der Waals surface area contributed by atoms with Crippen molar-refractivity contribution in [1.29, 1.82) is 0 Å². The Morgan fingerprint density at radius 3 is 2.58 bits per heavy atom. The molecule has 3 aromatic carbocycles. The third kappa shape index (κ3) is 3.67. The number of hydrogen-bond donors (Lipinski definition) is 2. The van der Waals surface area contributed by atoms with E-state index in [-0.39, 0.29) is 17.9 Å². The van der Waals surface area contributed by atoms with Gasteiger partial charge in [-0.1, -0.05) is 60.2 Å². The van der Waals surface area contributed by atoms with Crippen molar-refractivity contribution in [3.63, 3.8) is 0 Å². The number of halogens is 1. The van der Waals surface area contributed by atoms with E-state index in [9.17, 15) is 9.18 Å². The number of urea groups is 1. The van der Waals surface area contributed by atoms with Gasteiger partial charge in [0.25, 0.3) is 0 Å². The van der Waals surface area contributed by atoms with Crippen LogP contribution in [-0.4, -0.2) is 22.5 Å².